The Morgan fingerprint density at radius 1 is 1.23 bits per heavy atom. The fourth-order valence-electron chi connectivity index (χ4n) is 3.40. The lowest BCUT2D eigenvalue weighted by Gasteiger charge is -2.13. The molecule has 1 aromatic heterocycles. The summed E-state index contributed by atoms with van der Waals surface area (Å²) in [6.45, 7) is 4.19. The van der Waals surface area contributed by atoms with Gasteiger partial charge in [0.05, 0.1) is 17.5 Å². The van der Waals surface area contributed by atoms with Gasteiger partial charge in [0.1, 0.15) is 5.82 Å². The summed E-state index contributed by atoms with van der Waals surface area (Å²) in [5, 5.41) is 5.50. The number of fused-ring (bicyclic) bond motifs is 2. The summed E-state index contributed by atoms with van der Waals surface area (Å²) < 4.78 is 2.11. The minimum Gasteiger partial charge on any atom is -0.355 e. The highest BCUT2D eigenvalue weighted by Gasteiger charge is 2.21. The number of imidazole rings is 1. The van der Waals surface area contributed by atoms with E-state index < -0.39 is 0 Å². The number of carbonyl (C=O) groups is 2. The van der Waals surface area contributed by atoms with Gasteiger partial charge in [0.15, 0.2) is 0 Å². The molecular formula is C20H20N4O2. The van der Waals surface area contributed by atoms with Crippen LogP contribution in [0.3, 0.4) is 0 Å². The molecule has 1 aliphatic rings. The normalized spacial score (nSPS) is 13.2. The third-order valence-electron chi connectivity index (χ3n) is 4.66. The summed E-state index contributed by atoms with van der Waals surface area (Å²) in [6, 6.07) is 11.5. The molecule has 0 saturated carbocycles. The Morgan fingerprint density at radius 3 is 2.77 bits per heavy atom. The van der Waals surface area contributed by atoms with Gasteiger partial charge in [-0.15, -0.1) is 0 Å². The van der Waals surface area contributed by atoms with E-state index in [0.717, 1.165) is 33.8 Å². The van der Waals surface area contributed by atoms with Gasteiger partial charge < -0.3 is 10.6 Å². The number of aromatic nitrogens is 2. The molecule has 0 radical (unpaired) electrons. The third-order valence-corrected chi connectivity index (χ3v) is 4.66. The predicted octanol–water partition coefficient (Wildman–Crippen LogP) is 3.00. The largest absolute Gasteiger partial charge is 0.355 e. The van der Waals surface area contributed by atoms with Crippen molar-refractivity contribution in [3.63, 3.8) is 0 Å². The number of nitrogens with zero attached hydrogens (tertiary/aromatic N) is 2. The second kappa shape index (κ2) is 5.98. The summed E-state index contributed by atoms with van der Waals surface area (Å²) in [5.74, 6) is 1.02. The average Bonchev–Trinajstić information content (AvgIpc) is 3.19. The summed E-state index contributed by atoms with van der Waals surface area (Å²) in [4.78, 5) is 28.3. The maximum atomic E-state index is 11.9. The summed E-state index contributed by atoms with van der Waals surface area (Å²) in [5.41, 5.74) is 5.15. The van der Waals surface area contributed by atoms with Crippen LogP contribution in [0.25, 0.3) is 16.7 Å². The lowest BCUT2D eigenvalue weighted by atomic mass is 10.1. The van der Waals surface area contributed by atoms with Gasteiger partial charge in [0.25, 0.3) is 5.91 Å². The summed E-state index contributed by atoms with van der Waals surface area (Å²) in [7, 11) is 1.62. The van der Waals surface area contributed by atoms with Crippen LogP contribution in [0, 0.1) is 0 Å². The molecule has 2 amide bonds. The van der Waals surface area contributed by atoms with Crippen molar-refractivity contribution in [2.45, 2.75) is 26.2 Å². The number of rotatable bonds is 3. The van der Waals surface area contributed by atoms with Crippen molar-refractivity contribution in [2.75, 3.05) is 12.4 Å². The number of anilines is 1. The van der Waals surface area contributed by atoms with E-state index in [4.69, 9.17) is 4.98 Å². The smallest absolute Gasteiger partial charge is 0.251 e. The lowest BCUT2D eigenvalue weighted by molar-refractivity contribution is -0.115. The molecule has 2 heterocycles. The first-order valence-electron chi connectivity index (χ1n) is 8.65. The van der Waals surface area contributed by atoms with Crippen LogP contribution < -0.4 is 10.6 Å². The van der Waals surface area contributed by atoms with Gasteiger partial charge in [-0.3, -0.25) is 14.2 Å². The van der Waals surface area contributed by atoms with Crippen molar-refractivity contribution in [2.24, 2.45) is 0 Å². The molecule has 0 saturated heterocycles. The summed E-state index contributed by atoms with van der Waals surface area (Å²) >= 11 is 0. The summed E-state index contributed by atoms with van der Waals surface area (Å²) in [6.07, 6.45) is 0.396. The maximum absolute atomic E-state index is 11.9. The highest BCUT2D eigenvalue weighted by atomic mass is 16.2. The molecule has 132 valence electrons. The van der Waals surface area contributed by atoms with E-state index in [1.54, 1.807) is 7.05 Å². The van der Waals surface area contributed by atoms with E-state index in [2.05, 4.69) is 29.0 Å². The molecule has 2 N–H and O–H groups in total. The van der Waals surface area contributed by atoms with Gasteiger partial charge in [-0.2, -0.15) is 0 Å². The highest BCUT2D eigenvalue weighted by Crippen LogP contribution is 2.30. The van der Waals surface area contributed by atoms with Gasteiger partial charge in [-0.1, -0.05) is 13.8 Å². The maximum Gasteiger partial charge on any atom is 0.251 e. The van der Waals surface area contributed by atoms with E-state index in [0.29, 0.717) is 12.0 Å². The van der Waals surface area contributed by atoms with Gasteiger partial charge in [0.2, 0.25) is 5.91 Å². The van der Waals surface area contributed by atoms with Crippen LogP contribution in [0.4, 0.5) is 5.69 Å². The molecule has 4 rings (SSSR count). The molecule has 0 bridgehead atoms. The third kappa shape index (κ3) is 2.54. The molecule has 0 fully saturated rings. The number of amides is 2. The molecular weight excluding hydrogens is 328 g/mol. The van der Waals surface area contributed by atoms with Crippen molar-refractivity contribution >= 4 is 28.5 Å². The Kier molecular flexibility index (Phi) is 3.76. The second-order valence-electron chi connectivity index (χ2n) is 6.81. The van der Waals surface area contributed by atoms with Crippen molar-refractivity contribution in [1.29, 1.82) is 0 Å². The highest BCUT2D eigenvalue weighted by molar-refractivity contribution is 6.00. The number of carbonyl (C=O) groups excluding carboxylic acids is 2. The first kappa shape index (κ1) is 16.3. The molecule has 0 unspecified atom stereocenters. The Labute approximate surface area is 151 Å². The van der Waals surface area contributed by atoms with Gasteiger partial charge in [-0.05, 0) is 42.0 Å². The average molecular weight is 348 g/mol. The van der Waals surface area contributed by atoms with Gasteiger partial charge in [-0.25, -0.2) is 4.98 Å². The topological polar surface area (TPSA) is 76.0 Å². The molecule has 6 nitrogen and oxygen atoms in total. The Balaban J connectivity index is 1.91. The van der Waals surface area contributed by atoms with Crippen molar-refractivity contribution in [3.05, 3.63) is 53.3 Å². The minimum atomic E-state index is -0.130. The number of hydrogen-bond donors (Lipinski definition) is 2. The van der Waals surface area contributed by atoms with Crippen molar-refractivity contribution in [1.82, 2.24) is 14.9 Å². The van der Waals surface area contributed by atoms with Crippen LogP contribution in [0.5, 0.6) is 0 Å². The molecule has 0 aliphatic carbocycles. The zero-order valence-electron chi connectivity index (χ0n) is 15.0. The van der Waals surface area contributed by atoms with E-state index in [-0.39, 0.29) is 17.7 Å². The van der Waals surface area contributed by atoms with Crippen molar-refractivity contribution in [3.8, 4) is 5.69 Å². The Hall–Kier alpha value is -3.15. The minimum absolute atomic E-state index is 0.0203. The molecule has 0 spiro atoms. The molecule has 6 heteroatoms. The van der Waals surface area contributed by atoms with Gasteiger partial charge >= 0.3 is 0 Å². The zero-order chi connectivity index (χ0) is 18.4. The number of hydrogen-bond acceptors (Lipinski definition) is 3. The van der Waals surface area contributed by atoms with Crippen LogP contribution in [0.1, 0.15) is 41.5 Å². The monoisotopic (exact) mass is 348 g/mol. The van der Waals surface area contributed by atoms with Gasteiger partial charge in [0, 0.05) is 29.9 Å². The lowest BCUT2D eigenvalue weighted by Crippen LogP contribution is -2.17. The Morgan fingerprint density at radius 2 is 2.04 bits per heavy atom. The first-order chi connectivity index (χ1) is 12.5. The SMILES string of the molecule is CNC(=O)c1ccc2c(c1)nc(C(C)C)n2-c1ccc2c(c1)CC(=O)N2. The Bertz CT molecular complexity index is 1050. The zero-order valence-corrected chi connectivity index (χ0v) is 15.0. The van der Waals surface area contributed by atoms with Crippen LogP contribution in [0.15, 0.2) is 36.4 Å². The fraction of sp³-hybridized carbons (Fsp3) is 0.250. The first-order valence-corrected chi connectivity index (χ1v) is 8.65. The fourth-order valence-corrected chi connectivity index (χ4v) is 3.40. The number of nitrogens with one attached hydrogen (secondary N) is 2. The van der Waals surface area contributed by atoms with Crippen molar-refractivity contribution < 1.29 is 9.59 Å². The van der Waals surface area contributed by atoms with Crippen LogP contribution in [0.2, 0.25) is 0 Å². The van der Waals surface area contributed by atoms with Crippen LogP contribution in [-0.4, -0.2) is 28.4 Å². The van der Waals surface area contributed by atoms with E-state index in [1.807, 2.05) is 36.4 Å². The van der Waals surface area contributed by atoms with Crippen LogP contribution >= 0.6 is 0 Å². The molecule has 3 aromatic rings. The second-order valence-corrected chi connectivity index (χ2v) is 6.81. The molecule has 1 aliphatic heterocycles. The molecule has 2 aromatic carbocycles. The van der Waals surface area contributed by atoms with Crippen LogP contribution in [-0.2, 0) is 11.2 Å². The molecule has 0 atom stereocenters. The number of benzene rings is 2. The standard InChI is InChI=1S/C20H20N4O2/c1-11(2)19-23-16-9-12(20(26)21-3)4-7-17(16)24(19)14-5-6-15-13(8-14)10-18(25)22-15/h4-9,11H,10H2,1-3H3,(H,21,26)(H,22,25). The predicted molar refractivity (Wildman–Crippen MR) is 101 cm³/mol. The van der Waals surface area contributed by atoms with E-state index >= 15 is 0 Å². The quantitative estimate of drug-likeness (QED) is 0.764. The van der Waals surface area contributed by atoms with E-state index in [1.165, 1.54) is 0 Å². The molecule has 26 heavy (non-hydrogen) atoms. The van der Waals surface area contributed by atoms with E-state index in [9.17, 15) is 9.59 Å².